The Hall–Kier alpha value is -0.120. The molecule has 1 spiro atoms. The zero-order valence-corrected chi connectivity index (χ0v) is 12.1. The molecule has 0 aromatic carbocycles. The Balaban J connectivity index is 1.52. The lowest BCUT2D eigenvalue weighted by Gasteiger charge is -2.37. The highest BCUT2D eigenvalue weighted by molar-refractivity contribution is 4.94. The number of nitrogens with zero attached hydrogens (tertiary/aromatic N) is 1. The lowest BCUT2D eigenvalue weighted by molar-refractivity contribution is -0.0551. The predicted octanol–water partition coefficient (Wildman–Crippen LogP) is 2.72. The molecule has 2 unspecified atom stereocenters. The van der Waals surface area contributed by atoms with Gasteiger partial charge in [-0.2, -0.15) is 0 Å². The third-order valence-corrected chi connectivity index (χ3v) is 5.50. The van der Waals surface area contributed by atoms with Crippen LogP contribution in [0.1, 0.15) is 64.2 Å². The molecular formula is C16H29NO2. The minimum atomic E-state index is 0.271. The van der Waals surface area contributed by atoms with Crippen molar-refractivity contribution in [3.63, 3.8) is 0 Å². The van der Waals surface area contributed by atoms with Crippen LogP contribution >= 0.6 is 0 Å². The van der Waals surface area contributed by atoms with Crippen LogP contribution in [0.25, 0.3) is 0 Å². The molecule has 2 heterocycles. The van der Waals surface area contributed by atoms with Crippen molar-refractivity contribution in [1.82, 2.24) is 4.90 Å². The topological polar surface area (TPSA) is 32.7 Å². The SMILES string of the molecule is OCCC1CCCCN1CC1CCC2(CCCC2)O1. The second-order valence-electron chi connectivity index (χ2n) is 6.83. The summed E-state index contributed by atoms with van der Waals surface area (Å²) in [6.07, 6.45) is 13.2. The number of aliphatic hydroxyl groups excluding tert-OH is 1. The Kier molecular flexibility index (Phi) is 4.45. The maximum absolute atomic E-state index is 9.21. The number of piperidine rings is 1. The van der Waals surface area contributed by atoms with E-state index in [2.05, 4.69) is 4.90 Å². The van der Waals surface area contributed by atoms with Crippen molar-refractivity contribution < 1.29 is 9.84 Å². The normalized spacial score (nSPS) is 35.2. The van der Waals surface area contributed by atoms with Gasteiger partial charge in [-0.3, -0.25) is 4.90 Å². The summed E-state index contributed by atoms with van der Waals surface area (Å²) >= 11 is 0. The number of hydrogen-bond donors (Lipinski definition) is 1. The van der Waals surface area contributed by atoms with E-state index >= 15 is 0 Å². The number of aliphatic hydroxyl groups is 1. The van der Waals surface area contributed by atoms with E-state index in [4.69, 9.17) is 4.74 Å². The third kappa shape index (κ3) is 3.14. The van der Waals surface area contributed by atoms with Crippen LogP contribution in [0.5, 0.6) is 0 Å². The van der Waals surface area contributed by atoms with Crippen LogP contribution in [0, 0.1) is 0 Å². The second-order valence-corrected chi connectivity index (χ2v) is 6.83. The quantitative estimate of drug-likeness (QED) is 0.850. The summed E-state index contributed by atoms with van der Waals surface area (Å²) < 4.78 is 6.43. The Labute approximate surface area is 117 Å². The zero-order chi connectivity index (χ0) is 13.1. The van der Waals surface area contributed by atoms with Gasteiger partial charge in [-0.1, -0.05) is 19.3 Å². The van der Waals surface area contributed by atoms with Gasteiger partial charge in [0.25, 0.3) is 0 Å². The van der Waals surface area contributed by atoms with Gasteiger partial charge in [-0.15, -0.1) is 0 Å². The monoisotopic (exact) mass is 267 g/mol. The van der Waals surface area contributed by atoms with E-state index in [1.807, 2.05) is 0 Å². The van der Waals surface area contributed by atoms with Crippen molar-refractivity contribution >= 4 is 0 Å². The van der Waals surface area contributed by atoms with Gasteiger partial charge in [0.05, 0.1) is 11.7 Å². The van der Waals surface area contributed by atoms with Gasteiger partial charge in [-0.25, -0.2) is 0 Å². The molecule has 3 fully saturated rings. The molecule has 2 aliphatic heterocycles. The van der Waals surface area contributed by atoms with Crippen LogP contribution < -0.4 is 0 Å². The average Bonchev–Trinajstić information content (AvgIpc) is 3.03. The van der Waals surface area contributed by atoms with E-state index in [9.17, 15) is 5.11 Å². The van der Waals surface area contributed by atoms with E-state index in [1.54, 1.807) is 0 Å². The lowest BCUT2D eigenvalue weighted by atomic mass is 9.97. The molecule has 3 heteroatoms. The maximum Gasteiger partial charge on any atom is 0.0710 e. The molecule has 0 bridgehead atoms. The number of ether oxygens (including phenoxy) is 1. The first-order chi connectivity index (χ1) is 9.31. The zero-order valence-electron chi connectivity index (χ0n) is 12.1. The smallest absolute Gasteiger partial charge is 0.0710 e. The Morgan fingerprint density at radius 2 is 1.89 bits per heavy atom. The van der Waals surface area contributed by atoms with Crippen molar-refractivity contribution in [2.45, 2.75) is 82.0 Å². The molecule has 2 saturated heterocycles. The molecule has 1 saturated carbocycles. The van der Waals surface area contributed by atoms with E-state index in [-0.39, 0.29) is 5.60 Å². The molecule has 0 amide bonds. The van der Waals surface area contributed by atoms with Crippen LogP contribution in [0.2, 0.25) is 0 Å². The highest BCUT2D eigenvalue weighted by atomic mass is 16.5. The summed E-state index contributed by atoms with van der Waals surface area (Å²) in [7, 11) is 0. The van der Waals surface area contributed by atoms with Crippen LogP contribution in [-0.2, 0) is 4.74 Å². The van der Waals surface area contributed by atoms with E-state index in [0.717, 1.165) is 13.0 Å². The maximum atomic E-state index is 9.21. The first-order valence-corrected chi connectivity index (χ1v) is 8.34. The standard InChI is InChI=1S/C16H29NO2/c18-12-7-14-5-1-4-11-17(14)13-15-6-10-16(19-15)8-2-3-9-16/h14-15,18H,1-13H2. The first kappa shape index (κ1) is 13.8. The molecule has 1 aliphatic carbocycles. The molecule has 110 valence electrons. The molecule has 3 aliphatic rings. The van der Waals surface area contributed by atoms with Crippen molar-refractivity contribution in [1.29, 1.82) is 0 Å². The summed E-state index contributed by atoms with van der Waals surface area (Å²) in [4.78, 5) is 2.60. The highest BCUT2D eigenvalue weighted by Crippen LogP contribution is 2.43. The van der Waals surface area contributed by atoms with Gasteiger partial charge in [0.2, 0.25) is 0 Å². The fraction of sp³-hybridized carbons (Fsp3) is 1.00. The summed E-state index contributed by atoms with van der Waals surface area (Å²) in [5.74, 6) is 0. The van der Waals surface area contributed by atoms with E-state index in [1.165, 1.54) is 64.3 Å². The van der Waals surface area contributed by atoms with Crippen LogP contribution in [0.15, 0.2) is 0 Å². The lowest BCUT2D eigenvalue weighted by Crippen LogP contribution is -2.44. The van der Waals surface area contributed by atoms with Gasteiger partial charge in [0, 0.05) is 19.2 Å². The summed E-state index contributed by atoms with van der Waals surface area (Å²) in [6.45, 7) is 2.64. The molecule has 0 radical (unpaired) electrons. The summed E-state index contributed by atoms with van der Waals surface area (Å²) in [5, 5.41) is 9.21. The number of rotatable bonds is 4. The van der Waals surface area contributed by atoms with Crippen LogP contribution in [0.3, 0.4) is 0 Å². The van der Waals surface area contributed by atoms with Crippen LogP contribution in [0.4, 0.5) is 0 Å². The molecule has 2 atom stereocenters. The molecule has 19 heavy (non-hydrogen) atoms. The average molecular weight is 267 g/mol. The highest BCUT2D eigenvalue weighted by Gasteiger charge is 2.42. The Morgan fingerprint density at radius 3 is 2.68 bits per heavy atom. The van der Waals surface area contributed by atoms with Gasteiger partial charge in [0.1, 0.15) is 0 Å². The summed E-state index contributed by atoms with van der Waals surface area (Å²) in [5.41, 5.74) is 0.271. The number of likely N-dealkylation sites (tertiary alicyclic amines) is 1. The second kappa shape index (κ2) is 6.11. The first-order valence-electron chi connectivity index (χ1n) is 8.34. The third-order valence-electron chi connectivity index (χ3n) is 5.50. The fourth-order valence-corrected chi connectivity index (χ4v) is 4.45. The molecule has 0 aromatic heterocycles. The minimum Gasteiger partial charge on any atom is -0.396 e. The van der Waals surface area contributed by atoms with Gasteiger partial charge in [0.15, 0.2) is 0 Å². The van der Waals surface area contributed by atoms with Crippen molar-refractivity contribution in [3.8, 4) is 0 Å². The Morgan fingerprint density at radius 1 is 1.05 bits per heavy atom. The fourth-order valence-electron chi connectivity index (χ4n) is 4.45. The van der Waals surface area contributed by atoms with Gasteiger partial charge < -0.3 is 9.84 Å². The number of hydrogen-bond acceptors (Lipinski definition) is 3. The largest absolute Gasteiger partial charge is 0.396 e. The molecule has 3 nitrogen and oxygen atoms in total. The van der Waals surface area contributed by atoms with Gasteiger partial charge in [-0.05, 0) is 51.5 Å². The minimum absolute atomic E-state index is 0.271. The van der Waals surface area contributed by atoms with Crippen molar-refractivity contribution in [2.75, 3.05) is 19.7 Å². The Bertz CT molecular complexity index is 286. The van der Waals surface area contributed by atoms with E-state index < -0.39 is 0 Å². The molecule has 0 aromatic rings. The van der Waals surface area contributed by atoms with Gasteiger partial charge >= 0.3 is 0 Å². The van der Waals surface area contributed by atoms with E-state index in [0.29, 0.717) is 18.8 Å². The summed E-state index contributed by atoms with van der Waals surface area (Å²) in [6, 6.07) is 0.600. The van der Waals surface area contributed by atoms with Crippen molar-refractivity contribution in [2.24, 2.45) is 0 Å². The molecular weight excluding hydrogens is 238 g/mol. The predicted molar refractivity (Wildman–Crippen MR) is 76.2 cm³/mol. The molecule has 1 N–H and O–H groups in total. The van der Waals surface area contributed by atoms with Crippen molar-refractivity contribution in [3.05, 3.63) is 0 Å². The molecule has 3 rings (SSSR count). The van der Waals surface area contributed by atoms with Crippen LogP contribution in [-0.4, -0.2) is 47.4 Å².